The van der Waals surface area contributed by atoms with E-state index < -0.39 is 9.84 Å². The van der Waals surface area contributed by atoms with Crippen LogP contribution < -0.4 is 5.32 Å². The summed E-state index contributed by atoms with van der Waals surface area (Å²) in [6.07, 6.45) is 5.32. The van der Waals surface area contributed by atoms with E-state index in [4.69, 9.17) is 4.74 Å². The van der Waals surface area contributed by atoms with E-state index in [0.717, 1.165) is 52.0 Å². The number of hydrogen-bond donors (Lipinski definition) is 1. The van der Waals surface area contributed by atoms with E-state index in [1.807, 2.05) is 0 Å². The van der Waals surface area contributed by atoms with Crippen LogP contribution in [0.4, 0.5) is 0 Å². The molecule has 0 amide bonds. The molecule has 124 valence electrons. The van der Waals surface area contributed by atoms with Gasteiger partial charge in [-0.05, 0) is 26.7 Å². The molecule has 1 aliphatic heterocycles. The predicted molar refractivity (Wildman–Crippen MR) is 85.3 cm³/mol. The van der Waals surface area contributed by atoms with Crippen LogP contribution in [0, 0.1) is 0 Å². The molecule has 2 fully saturated rings. The first-order chi connectivity index (χ1) is 9.89. The van der Waals surface area contributed by atoms with E-state index in [-0.39, 0.29) is 11.3 Å². The number of rotatable bonds is 5. The third-order valence-electron chi connectivity index (χ3n) is 4.91. The van der Waals surface area contributed by atoms with Crippen molar-refractivity contribution in [1.82, 2.24) is 10.2 Å². The highest BCUT2D eigenvalue weighted by Crippen LogP contribution is 2.24. The minimum absolute atomic E-state index is 0.118. The quantitative estimate of drug-likeness (QED) is 0.821. The predicted octanol–water partition coefficient (Wildman–Crippen LogP) is 1.04. The molecule has 6 heteroatoms. The first-order valence-electron chi connectivity index (χ1n) is 8.15. The second-order valence-corrected chi connectivity index (χ2v) is 8.94. The SMILES string of the molecule is C[C@H](CN[C@@H]1CCCC[C@H]1S(C)(=O)=O)N1CCOC[C@@H]1C. The van der Waals surface area contributed by atoms with Gasteiger partial charge in [0.25, 0.3) is 0 Å². The summed E-state index contributed by atoms with van der Waals surface area (Å²) in [4.78, 5) is 2.45. The molecule has 1 saturated carbocycles. The lowest BCUT2D eigenvalue weighted by atomic mass is 9.94. The van der Waals surface area contributed by atoms with Gasteiger partial charge in [-0.3, -0.25) is 4.90 Å². The van der Waals surface area contributed by atoms with E-state index in [1.54, 1.807) is 0 Å². The highest BCUT2D eigenvalue weighted by atomic mass is 32.2. The molecule has 2 aliphatic rings. The van der Waals surface area contributed by atoms with E-state index in [1.165, 1.54) is 6.26 Å². The number of morpholine rings is 1. The van der Waals surface area contributed by atoms with Crippen LogP contribution in [0.5, 0.6) is 0 Å². The van der Waals surface area contributed by atoms with Crippen LogP contribution in [0.25, 0.3) is 0 Å². The van der Waals surface area contributed by atoms with Crippen molar-refractivity contribution in [1.29, 1.82) is 0 Å². The summed E-state index contributed by atoms with van der Waals surface area (Å²) >= 11 is 0. The summed E-state index contributed by atoms with van der Waals surface area (Å²) in [7, 11) is -2.95. The largest absolute Gasteiger partial charge is 0.379 e. The Balaban J connectivity index is 1.88. The topological polar surface area (TPSA) is 58.6 Å². The van der Waals surface area contributed by atoms with Gasteiger partial charge in [0, 0.05) is 37.5 Å². The van der Waals surface area contributed by atoms with Gasteiger partial charge >= 0.3 is 0 Å². The first-order valence-corrected chi connectivity index (χ1v) is 10.1. The van der Waals surface area contributed by atoms with E-state index >= 15 is 0 Å². The molecule has 4 atom stereocenters. The molecule has 2 rings (SSSR count). The fourth-order valence-corrected chi connectivity index (χ4v) is 5.10. The van der Waals surface area contributed by atoms with Gasteiger partial charge in [0.05, 0.1) is 18.5 Å². The summed E-state index contributed by atoms with van der Waals surface area (Å²) in [6.45, 7) is 7.80. The molecule has 21 heavy (non-hydrogen) atoms. The number of ether oxygens (including phenoxy) is 1. The monoisotopic (exact) mass is 318 g/mol. The van der Waals surface area contributed by atoms with Crippen LogP contribution in [0.15, 0.2) is 0 Å². The molecular formula is C15H30N2O3S. The molecular weight excluding hydrogens is 288 g/mol. The zero-order chi connectivity index (χ0) is 15.5. The van der Waals surface area contributed by atoms with Crippen molar-refractivity contribution in [2.24, 2.45) is 0 Å². The molecule has 5 nitrogen and oxygen atoms in total. The summed E-state index contributed by atoms with van der Waals surface area (Å²) in [6, 6.07) is 0.964. The van der Waals surface area contributed by atoms with Crippen molar-refractivity contribution in [3.8, 4) is 0 Å². The molecule has 0 aromatic carbocycles. The zero-order valence-corrected chi connectivity index (χ0v) is 14.4. The molecule has 0 unspecified atom stereocenters. The molecule has 1 heterocycles. The number of sulfone groups is 1. The third-order valence-corrected chi connectivity index (χ3v) is 6.58. The van der Waals surface area contributed by atoms with Gasteiger partial charge in [0.2, 0.25) is 0 Å². The van der Waals surface area contributed by atoms with Crippen LogP contribution in [0.1, 0.15) is 39.5 Å². The highest BCUT2D eigenvalue weighted by Gasteiger charge is 2.33. The summed E-state index contributed by atoms with van der Waals surface area (Å²) in [5.74, 6) is 0. The van der Waals surface area contributed by atoms with Crippen molar-refractivity contribution in [3.63, 3.8) is 0 Å². The molecule has 1 aliphatic carbocycles. The number of hydrogen-bond acceptors (Lipinski definition) is 5. The lowest BCUT2D eigenvalue weighted by Crippen LogP contribution is -2.54. The molecule has 0 spiro atoms. The lowest BCUT2D eigenvalue weighted by molar-refractivity contribution is -0.0186. The summed E-state index contributed by atoms with van der Waals surface area (Å²) in [5.41, 5.74) is 0. The average Bonchev–Trinajstić information content (AvgIpc) is 2.44. The average molecular weight is 318 g/mol. The number of nitrogens with one attached hydrogen (secondary N) is 1. The highest BCUT2D eigenvalue weighted by molar-refractivity contribution is 7.91. The fourth-order valence-electron chi connectivity index (χ4n) is 3.68. The van der Waals surface area contributed by atoms with Crippen molar-refractivity contribution in [2.75, 3.05) is 32.6 Å². The van der Waals surface area contributed by atoms with E-state index in [2.05, 4.69) is 24.1 Å². The Labute approximate surface area is 129 Å². The van der Waals surface area contributed by atoms with Crippen LogP contribution in [0.3, 0.4) is 0 Å². The Morgan fingerprint density at radius 3 is 2.71 bits per heavy atom. The second kappa shape index (κ2) is 7.40. The maximum absolute atomic E-state index is 11.9. The molecule has 0 radical (unpaired) electrons. The molecule has 0 aromatic heterocycles. The number of nitrogens with zero attached hydrogens (tertiary/aromatic N) is 1. The minimum atomic E-state index is -2.95. The van der Waals surface area contributed by atoms with E-state index in [9.17, 15) is 8.42 Å². The summed E-state index contributed by atoms with van der Waals surface area (Å²) in [5, 5.41) is 3.33. The Morgan fingerprint density at radius 2 is 2.05 bits per heavy atom. The molecule has 0 bridgehead atoms. The Morgan fingerprint density at radius 1 is 1.33 bits per heavy atom. The van der Waals surface area contributed by atoms with Crippen molar-refractivity contribution in [2.45, 2.75) is 62.9 Å². The fraction of sp³-hybridized carbons (Fsp3) is 1.00. The minimum Gasteiger partial charge on any atom is -0.379 e. The van der Waals surface area contributed by atoms with Gasteiger partial charge in [0.1, 0.15) is 0 Å². The Kier molecular flexibility index (Phi) is 6.05. The van der Waals surface area contributed by atoms with Crippen LogP contribution >= 0.6 is 0 Å². The maximum atomic E-state index is 11.9. The maximum Gasteiger partial charge on any atom is 0.151 e. The van der Waals surface area contributed by atoms with Crippen LogP contribution in [-0.2, 0) is 14.6 Å². The Bertz CT molecular complexity index is 427. The van der Waals surface area contributed by atoms with Crippen LogP contribution in [0.2, 0.25) is 0 Å². The van der Waals surface area contributed by atoms with Crippen molar-refractivity contribution in [3.05, 3.63) is 0 Å². The third kappa shape index (κ3) is 4.65. The van der Waals surface area contributed by atoms with Gasteiger partial charge in [-0.1, -0.05) is 12.8 Å². The van der Waals surface area contributed by atoms with Gasteiger partial charge in [-0.25, -0.2) is 8.42 Å². The molecule has 1 saturated heterocycles. The lowest BCUT2D eigenvalue weighted by Gasteiger charge is -2.39. The zero-order valence-electron chi connectivity index (χ0n) is 13.5. The van der Waals surface area contributed by atoms with Crippen molar-refractivity contribution < 1.29 is 13.2 Å². The Hall–Kier alpha value is -0.170. The second-order valence-electron chi connectivity index (χ2n) is 6.68. The summed E-state index contributed by atoms with van der Waals surface area (Å²) < 4.78 is 29.3. The standard InChI is InChI=1S/C15H30N2O3S/c1-12(17-8-9-20-11-13(17)2)10-16-14-6-4-5-7-15(14)21(3,18)19/h12-16H,4-11H2,1-3H3/t12-,13+,14-,15-/m1/s1. The van der Waals surface area contributed by atoms with Gasteiger partial charge in [-0.15, -0.1) is 0 Å². The molecule has 0 aromatic rings. The van der Waals surface area contributed by atoms with Crippen molar-refractivity contribution >= 4 is 9.84 Å². The first kappa shape index (κ1) is 17.2. The van der Waals surface area contributed by atoms with Gasteiger partial charge < -0.3 is 10.1 Å². The van der Waals surface area contributed by atoms with Gasteiger partial charge in [-0.2, -0.15) is 0 Å². The van der Waals surface area contributed by atoms with Gasteiger partial charge in [0.15, 0.2) is 9.84 Å². The molecule has 1 N–H and O–H groups in total. The van der Waals surface area contributed by atoms with E-state index in [0.29, 0.717) is 12.1 Å². The smallest absolute Gasteiger partial charge is 0.151 e. The van der Waals surface area contributed by atoms with Crippen LogP contribution in [-0.4, -0.2) is 69.3 Å². The normalized spacial score (nSPS) is 33.8.